The van der Waals surface area contributed by atoms with E-state index in [2.05, 4.69) is 50.0 Å². The maximum absolute atomic E-state index is 13.1. The van der Waals surface area contributed by atoms with Crippen molar-refractivity contribution < 1.29 is 4.79 Å². The highest BCUT2D eigenvalue weighted by Crippen LogP contribution is 2.28. The first kappa shape index (κ1) is 20.3. The summed E-state index contributed by atoms with van der Waals surface area (Å²) in [7, 11) is 0. The zero-order valence-corrected chi connectivity index (χ0v) is 17.6. The largest absolute Gasteiger partial charge is 0.325 e. The van der Waals surface area contributed by atoms with Crippen molar-refractivity contribution in [2.45, 2.75) is 23.4 Å². The summed E-state index contributed by atoms with van der Waals surface area (Å²) in [6.45, 7) is 1.39. The zero-order valence-electron chi connectivity index (χ0n) is 16.8. The van der Waals surface area contributed by atoms with Crippen molar-refractivity contribution in [3.8, 4) is 0 Å². The molecule has 0 unspecified atom stereocenters. The number of carbonyl (C=O) groups excluding carboxylic acids is 1. The van der Waals surface area contributed by atoms with Crippen molar-refractivity contribution in [2.75, 3.05) is 24.7 Å². The fourth-order valence-electron chi connectivity index (χ4n) is 3.70. The molecule has 0 radical (unpaired) electrons. The molecule has 8 heteroatoms. The Labute approximate surface area is 180 Å². The third kappa shape index (κ3) is 4.95. The summed E-state index contributed by atoms with van der Waals surface area (Å²) in [6.07, 6.45) is 8.49. The van der Waals surface area contributed by atoms with E-state index in [1.54, 1.807) is 22.8 Å². The standard InChI is InChI=1S/C22H24N6OS/c1-30-20-11-5-10-18(13-20)24-22(29)21-14-19(28-16-23-25-26-28)15-27(21)12-6-9-17-7-3-2-4-8-17/h2-11,13,16,19,21H,12,14-15H2,1H3,(H,24,29)/b9-6+/t19-,21-/m0/s1. The summed E-state index contributed by atoms with van der Waals surface area (Å²) < 4.78 is 1.75. The molecule has 30 heavy (non-hydrogen) atoms. The van der Waals surface area contributed by atoms with Gasteiger partial charge in [0.1, 0.15) is 6.33 Å². The lowest BCUT2D eigenvalue weighted by Crippen LogP contribution is -2.39. The number of tetrazole rings is 1. The fourth-order valence-corrected chi connectivity index (χ4v) is 4.16. The Balaban J connectivity index is 1.48. The molecule has 1 aliphatic rings. The Hall–Kier alpha value is -2.97. The number of aromatic nitrogens is 4. The van der Waals surface area contributed by atoms with Gasteiger partial charge in [-0.3, -0.25) is 9.69 Å². The van der Waals surface area contributed by atoms with Gasteiger partial charge in [-0.25, -0.2) is 4.68 Å². The number of carbonyl (C=O) groups is 1. The van der Waals surface area contributed by atoms with Crippen LogP contribution in [0, 0.1) is 0 Å². The highest BCUT2D eigenvalue weighted by Gasteiger charge is 2.37. The summed E-state index contributed by atoms with van der Waals surface area (Å²) in [6, 6.07) is 17.9. The van der Waals surface area contributed by atoms with E-state index in [0.717, 1.165) is 16.1 Å². The Morgan fingerprint density at radius 2 is 2.10 bits per heavy atom. The molecule has 3 aromatic rings. The fraction of sp³-hybridized carbons (Fsp3) is 0.273. The van der Waals surface area contributed by atoms with Crippen LogP contribution >= 0.6 is 11.8 Å². The van der Waals surface area contributed by atoms with Gasteiger partial charge >= 0.3 is 0 Å². The van der Waals surface area contributed by atoms with Crippen LogP contribution in [-0.2, 0) is 4.79 Å². The summed E-state index contributed by atoms with van der Waals surface area (Å²) >= 11 is 1.65. The lowest BCUT2D eigenvalue weighted by molar-refractivity contribution is -0.120. The predicted octanol–water partition coefficient (Wildman–Crippen LogP) is 3.36. The van der Waals surface area contributed by atoms with Gasteiger partial charge in [-0.1, -0.05) is 48.6 Å². The molecule has 0 aliphatic carbocycles. The van der Waals surface area contributed by atoms with Crippen molar-refractivity contribution in [3.05, 3.63) is 72.6 Å². The third-order valence-electron chi connectivity index (χ3n) is 5.21. The number of amides is 1. The topological polar surface area (TPSA) is 75.9 Å². The quantitative estimate of drug-likeness (QED) is 0.591. The molecule has 1 aromatic heterocycles. The second kappa shape index (κ2) is 9.69. The normalized spacial score (nSPS) is 19.4. The van der Waals surface area contributed by atoms with E-state index in [4.69, 9.17) is 0 Å². The lowest BCUT2D eigenvalue weighted by Gasteiger charge is -2.22. The van der Waals surface area contributed by atoms with Gasteiger partial charge < -0.3 is 5.32 Å². The molecule has 2 atom stereocenters. The molecular weight excluding hydrogens is 396 g/mol. The Bertz CT molecular complexity index is 992. The van der Waals surface area contributed by atoms with E-state index in [1.807, 2.05) is 48.7 Å². The Morgan fingerprint density at radius 1 is 1.23 bits per heavy atom. The van der Waals surface area contributed by atoms with Gasteiger partial charge in [-0.15, -0.1) is 16.9 Å². The number of rotatable bonds is 7. The van der Waals surface area contributed by atoms with Gasteiger partial charge in [-0.2, -0.15) is 0 Å². The summed E-state index contributed by atoms with van der Waals surface area (Å²) in [5.74, 6) is -0.00283. The Morgan fingerprint density at radius 3 is 2.87 bits per heavy atom. The minimum absolute atomic E-state index is 0.00283. The SMILES string of the molecule is CSc1cccc(NC(=O)[C@@H]2C[C@H](n3cnnn3)CN2C/C=C/c2ccccc2)c1. The van der Waals surface area contributed by atoms with Gasteiger partial charge in [0, 0.05) is 23.7 Å². The van der Waals surface area contributed by atoms with Crippen molar-refractivity contribution in [1.29, 1.82) is 0 Å². The van der Waals surface area contributed by atoms with E-state index in [-0.39, 0.29) is 18.0 Å². The molecule has 0 bridgehead atoms. The number of hydrogen-bond donors (Lipinski definition) is 1. The lowest BCUT2D eigenvalue weighted by atomic mass is 10.1. The van der Waals surface area contributed by atoms with Crippen molar-refractivity contribution >= 4 is 29.4 Å². The van der Waals surface area contributed by atoms with Crippen LogP contribution < -0.4 is 5.32 Å². The number of hydrogen-bond acceptors (Lipinski definition) is 6. The minimum Gasteiger partial charge on any atom is -0.325 e. The van der Waals surface area contributed by atoms with Gasteiger partial charge in [0.05, 0.1) is 12.1 Å². The number of nitrogens with one attached hydrogen (secondary N) is 1. The van der Waals surface area contributed by atoms with Crippen LogP contribution in [0.5, 0.6) is 0 Å². The molecule has 1 aliphatic heterocycles. The van der Waals surface area contributed by atoms with Crippen molar-refractivity contribution in [2.24, 2.45) is 0 Å². The van der Waals surface area contributed by atoms with Gasteiger partial charge in [0.15, 0.2) is 0 Å². The number of anilines is 1. The Kier molecular flexibility index (Phi) is 6.56. The molecule has 1 saturated heterocycles. The van der Waals surface area contributed by atoms with Crippen LogP contribution in [0.15, 0.2) is 71.9 Å². The molecule has 2 heterocycles. The second-order valence-corrected chi connectivity index (χ2v) is 8.06. The first-order valence-corrected chi connectivity index (χ1v) is 11.1. The van der Waals surface area contributed by atoms with Gasteiger partial charge in [0.2, 0.25) is 5.91 Å². The van der Waals surface area contributed by atoms with Crippen molar-refractivity contribution in [3.63, 3.8) is 0 Å². The molecule has 1 fully saturated rings. The number of benzene rings is 2. The molecular formula is C22H24N6OS. The summed E-state index contributed by atoms with van der Waals surface area (Å²) in [4.78, 5) is 16.4. The van der Waals surface area contributed by atoms with Crippen LogP contribution in [0.3, 0.4) is 0 Å². The van der Waals surface area contributed by atoms with Crippen LogP contribution in [0.25, 0.3) is 6.08 Å². The van der Waals surface area contributed by atoms with Crippen LogP contribution in [-0.4, -0.2) is 56.4 Å². The smallest absolute Gasteiger partial charge is 0.241 e. The maximum Gasteiger partial charge on any atom is 0.241 e. The first-order valence-electron chi connectivity index (χ1n) is 9.86. The summed E-state index contributed by atoms with van der Waals surface area (Å²) in [5.41, 5.74) is 1.96. The average molecular weight is 421 g/mol. The second-order valence-electron chi connectivity index (χ2n) is 7.18. The van der Waals surface area contributed by atoms with Gasteiger partial charge in [-0.05, 0) is 46.9 Å². The minimum atomic E-state index is -0.252. The molecule has 154 valence electrons. The average Bonchev–Trinajstić information content (AvgIpc) is 3.45. The molecule has 4 rings (SSSR count). The van der Waals surface area contributed by atoms with E-state index in [0.29, 0.717) is 19.5 Å². The highest BCUT2D eigenvalue weighted by atomic mass is 32.2. The number of thioether (sulfide) groups is 1. The van der Waals surface area contributed by atoms with E-state index in [1.165, 1.54) is 0 Å². The summed E-state index contributed by atoms with van der Waals surface area (Å²) in [5, 5.41) is 14.6. The van der Waals surface area contributed by atoms with Crippen LogP contribution in [0.4, 0.5) is 5.69 Å². The molecule has 0 saturated carbocycles. The number of nitrogens with zero attached hydrogens (tertiary/aromatic N) is 5. The zero-order chi connectivity index (χ0) is 20.8. The van der Waals surface area contributed by atoms with E-state index >= 15 is 0 Å². The van der Waals surface area contributed by atoms with E-state index < -0.39 is 0 Å². The molecule has 0 spiro atoms. The molecule has 1 N–H and O–H groups in total. The van der Waals surface area contributed by atoms with Crippen LogP contribution in [0.2, 0.25) is 0 Å². The van der Waals surface area contributed by atoms with Crippen LogP contribution in [0.1, 0.15) is 18.0 Å². The van der Waals surface area contributed by atoms with Crippen molar-refractivity contribution in [1.82, 2.24) is 25.1 Å². The highest BCUT2D eigenvalue weighted by molar-refractivity contribution is 7.98. The predicted molar refractivity (Wildman–Crippen MR) is 119 cm³/mol. The maximum atomic E-state index is 13.1. The molecule has 7 nitrogen and oxygen atoms in total. The monoisotopic (exact) mass is 420 g/mol. The third-order valence-corrected chi connectivity index (χ3v) is 5.94. The molecule has 1 amide bonds. The molecule has 2 aromatic carbocycles. The van der Waals surface area contributed by atoms with E-state index in [9.17, 15) is 4.79 Å². The number of likely N-dealkylation sites (tertiary alicyclic amines) is 1. The first-order chi connectivity index (χ1) is 14.7. The van der Waals surface area contributed by atoms with Gasteiger partial charge in [0.25, 0.3) is 0 Å².